The average Bonchev–Trinajstić information content (AvgIpc) is 2.64. The van der Waals surface area contributed by atoms with Crippen LogP contribution in [0.25, 0.3) is 0 Å². The van der Waals surface area contributed by atoms with Gasteiger partial charge in [-0.25, -0.2) is 4.39 Å². The number of guanidine groups is 1. The first kappa shape index (κ1) is 20.5. The molecule has 7 heteroatoms. The summed E-state index contributed by atoms with van der Waals surface area (Å²) >= 11 is 0. The normalized spacial score (nSPS) is 17.0. The number of benzene rings is 1. The predicted octanol–water partition coefficient (Wildman–Crippen LogP) is 1.62. The third-order valence-electron chi connectivity index (χ3n) is 4.55. The fourth-order valence-corrected chi connectivity index (χ4v) is 3.01. The van der Waals surface area contributed by atoms with Crippen molar-refractivity contribution in [2.24, 2.45) is 10.7 Å². The van der Waals surface area contributed by atoms with Gasteiger partial charge < -0.3 is 25.2 Å². The molecular formula is C19H32FN5O. The summed E-state index contributed by atoms with van der Waals surface area (Å²) in [5.74, 6) is 0.375. The van der Waals surface area contributed by atoms with E-state index < -0.39 is 0 Å². The topological polar surface area (TPSA) is 57.3 Å². The Hall–Kier alpha value is -1.86. The highest BCUT2D eigenvalue weighted by molar-refractivity contribution is 5.78. The van der Waals surface area contributed by atoms with Crippen molar-refractivity contribution in [3.05, 3.63) is 30.1 Å². The highest BCUT2D eigenvalue weighted by Gasteiger charge is 2.19. The molecule has 0 spiro atoms. The number of piperazine rings is 1. The molecule has 0 amide bonds. The standard InChI is InChI=1S/C19H32FN5O/c1-4-26-18(9-10-23(2)3)15-22-19(21)25-13-11-24(12-14-25)17-7-5-16(20)6-8-17/h5-8,18H,4,9-15H2,1-3H3,(H2,21,22). The first-order valence-corrected chi connectivity index (χ1v) is 9.31. The summed E-state index contributed by atoms with van der Waals surface area (Å²) in [6.45, 7) is 7.55. The van der Waals surface area contributed by atoms with Crippen molar-refractivity contribution in [2.45, 2.75) is 19.4 Å². The molecule has 6 nitrogen and oxygen atoms in total. The maximum Gasteiger partial charge on any atom is 0.191 e. The number of hydrogen-bond acceptors (Lipinski definition) is 4. The molecule has 0 aromatic heterocycles. The van der Waals surface area contributed by atoms with Crippen molar-refractivity contribution in [3.8, 4) is 0 Å². The van der Waals surface area contributed by atoms with E-state index in [4.69, 9.17) is 10.5 Å². The molecule has 0 saturated carbocycles. The van der Waals surface area contributed by atoms with Crippen LogP contribution in [0.2, 0.25) is 0 Å². The van der Waals surface area contributed by atoms with Crippen LogP contribution < -0.4 is 10.6 Å². The van der Waals surface area contributed by atoms with Crippen LogP contribution in [0.15, 0.2) is 29.3 Å². The van der Waals surface area contributed by atoms with E-state index >= 15 is 0 Å². The molecule has 1 atom stereocenters. The first-order chi connectivity index (χ1) is 12.5. The fraction of sp³-hybridized carbons (Fsp3) is 0.632. The molecule has 1 aliphatic rings. The smallest absolute Gasteiger partial charge is 0.191 e. The van der Waals surface area contributed by atoms with E-state index in [0.717, 1.165) is 44.8 Å². The molecule has 26 heavy (non-hydrogen) atoms. The van der Waals surface area contributed by atoms with Crippen molar-refractivity contribution in [1.82, 2.24) is 9.80 Å². The summed E-state index contributed by atoms with van der Waals surface area (Å²) < 4.78 is 18.8. The molecule has 0 bridgehead atoms. The molecule has 0 radical (unpaired) electrons. The van der Waals surface area contributed by atoms with Gasteiger partial charge in [0, 0.05) is 45.0 Å². The van der Waals surface area contributed by atoms with Gasteiger partial charge in [0.2, 0.25) is 0 Å². The molecule has 1 unspecified atom stereocenters. The largest absolute Gasteiger partial charge is 0.377 e. The van der Waals surface area contributed by atoms with Gasteiger partial charge in [-0.15, -0.1) is 0 Å². The van der Waals surface area contributed by atoms with Crippen molar-refractivity contribution in [3.63, 3.8) is 0 Å². The third kappa shape index (κ3) is 6.46. The molecule has 1 aromatic carbocycles. The number of rotatable bonds is 8. The lowest BCUT2D eigenvalue weighted by atomic mass is 10.2. The van der Waals surface area contributed by atoms with Crippen LogP contribution in [-0.4, -0.2) is 81.8 Å². The molecule has 1 aromatic rings. The quantitative estimate of drug-likeness (QED) is 0.560. The summed E-state index contributed by atoms with van der Waals surface area (Å²) in [4.78, 5) is 11.1. The zero-order chi connectivity index (χ0) is 18.9. The van der Waals surface area contributed by atoms with Crippen LogP contribution in [-0.2, 0) is 4.74 Å². The van der Waals surface area contributed by atoms with Crippen LogP contribution in [0, 0.1) is 5.82 Å². The van der Waals surface area contributed by atoms with E-state index in [0.29, 0.717) is 19.1 Å². The zero-order valence-corrected chi connectivity index (χ0v) is 16.2. The van der Waals surface area contributed by atoms with Gasteiger partial charge in [0.1, 0.15) is 5.82 Å². The highest BCUT2D eigenvalue weighted by atomic mass is 19.1. The summed E-state index contributed by atoms with van der Waals surface area (Å²) in [6, 6.07) is 6.64. The summed E-state index contributed by atoms with van der Waals surface area (Å²) in [5, 5.41) is 0. The minimum Gasteiger partial charge on any atom is -0.377 e. The second-order valence-corrected chi connectivity index (χ2v) is 6.82. The van der Waals surface area contributed by atoms with E-state index in [2.05, 4.69) is 33.8 Å². The summed E-state index contributed by atoms with van der Waals surface area (Å²) in [7, 11) is 4.11. The summed E-state index contributed by atoms with van der Waals surface area (Å²) in [6.07, 6.45) is 1.04. The number of nitrogens with zero attached hydrogens (tertiary/aromatic N) is 4. The maximum atomic E-state index is 13.1. The lowest BCUT2D eigenvalue weighted by Crippen LogP contribution is -2.51. The van der Waals surface area contributed by atoms with Crippen molar-refractivity contribution >= 4 is 11.6 Å². The lowest BCUT2D eigenvalue weighted by molar-refractivity contribution is 0.0581. The van der Waals surface area contributed by atoms with Gasteiger partial charge in [-0.2, -0.15) is 0 Å². The van der Waals surface area contributed by atoms with Crippen molar-refractivity contribution in [2.75, 3.05) is 64.9 Å². The van der Waals surface area contributed by atoms with E-state index in [1.54, 1.807) is 0 Å². The van der Waals surface area contributed by atoms with Gasteiger partial charge in [0.15, 0.2) is 5.96 Å². The molecule has 146 valence electrons. The Kier molecular flexibility index (Phi) is 8.12. The second-order valence-electron chi connectivity index (χ2n) is 6.82. The van der Waals surface area contributed by atoms with Crippen LogP contribution in [0.1, 0.15) is 13.3 Å². The van der Waals surface area contributed by atoms with Gasteiger partial charge in [-0.05, 0) is 51.7 Å². The van der Waals surface area contributed by atoms with Crippen molar-refractivity contribution < 1.29 is 9.13 Å². The molecule has 1 saturated heterocycles. The number of aliphatic imine (C=N–C) groups is 1. The average molecular weight is 365 g/mol. The minimum absolute atomic E-state index is 0.0986. The highest BCUT2D eigenvalue weighted by Crippen LogP contribution is 2.16. The van der Waals surface area contributed by atoms with Crippen LogP contribution in [0.4, 0.5) is 10.1 Å². The Morgan fingerprint density at radius 3 is 2.46 bits per heavy atom. The maximum absolute atomic E-state index is 13.1. The van der Waals surface area contributed by atoms with E-state index in [1.165, 1.54) is 12.1 Å². The van der Waals surface area contributed by atoms with Gasteiger partial charge in [0.25, 0.3) is 0 Å². The van der Waals surface area contributed by atoms with Crippen molar-refractivity contribution in [1.29, 1.82) is 0 Å². The molecule has 1 aliphatic heterocycles. The van der Waals surface area contributed by atoms with Gasteiger partial charge in [-0.1, -0.05) is 0 Å². The molecule has 0 aliphatic carbocycles. The van der Waals surface area contributed by atoms with Crippen LogP contribution in [0.3, 0.4) is 0 Å². The van der Waals surface area contributed by atoms with Gasteiger partial charge in [0.05, 0.1) is 12.6 Å². The minimum atomic E-state index is -0.207. The SMILES string of the molecule is CCOC(CCN(C)C)CN=C(N)N1CCN(c2ccc(F)cc2)CC1. The fourth-order valence-electron chi connectivity index (χ4n) is 3.01. The Morgan fingerprint density at radius 2 is 1.88 bits per heavy atom. The third-order valence-corrected chi connectivity index (χ3v) is 4.55. The predicted molar refractivity (Wildman–Crippen MR) is 105 cm³/mol. The monoisotopic (exact) mass is 365 g/mol. The first-order valence-electron chi connectivity index (χ1n) is 9.31. The molecule has 1 fully saturated rings. The Bertz CT molecular complexity index is 556. The second kappa shape index (κ2) is 10.3. The lowest BCUT2D eigenvalue weighted by Gasteiger charge is -2.36. The van der Waals surface area contributed by atoms with Gasteiger partial charge in [-0.3, -0.25) is 4.99 Å². The Balaban J connectivity index is 1.82. The zero-order valence-electron chi connectivity index (χ0n) is 16.2. The van der Waals surface area contributed by atoms with Crippen LogP contribution in [0.5, 0.6) is 0 Å². The van der Waals surface area contributed by atoms with Crippen LogP contribution >= 0.6 is 0 Å². The Labute approximate surface area is 156 Å². The number of ether oxygens (including phenoxy) is 1. The number of hydrogen-bond donors (Lipinski definition) is 1. The van der Waals surface area contributed by atoms with Gasteiger partial charge >= 0.3 is 0 Å². The molecule has 1 heterocycles. The number of halogens is 1. The van der Waals surface area contributed by atoms with E-state index in [-0.39, 0.29) is 11.9 Å². The van der Waals surface area contributed by atoms with E-state index in [9.17, 15) is 4.39 Å². The number of nitrogens with two attached hydrogens (primary N) is 1. The molecular weight excluding hydrogens is 333 g/mol. The number of anilines is 1. The molecule has 2 rings (SSSR count). The summed E-state index contributed by atoms with van der Waals surface area (Å²) in [5.41, 5.74) is 7.24. The Morgan fingerprint density at radius 1 is 1.23 bits per heavy atom. The van der Waals surface area contributed by atoms with E-state index in [1.807, 2.05) is 19.1 Å². The molecule has 2 N–H and O–H groups in total.